The first-order chi connectivity index (χ1) is 13.1. The second-order valence-electron chi connectivity index (χ2n) is 6.96. The fourth-order valence-electron chi connectivity index (χ4n) is 3.45. The predicted octanol–water partition coefficient (Wildman–Crippen LogP) is 3.73. The molecule has 1 aliphatic heterocycles. The molecule has 0 saturated carbocycles. The molecule has 2 aromatic rings. The van der Waals surface area contributed by atoms with Crippen molar-refractivity contribution in [1.29, 1.82) is 0 Å². The molecular formula is C22H28FN3O. The maximum Gasteiger partial charge on any atom is 0.123 e. The molecule has 0 atom stereocenters. The first-order valence-electron chi connectivity index (χ1n) is 9.43. The third-order valence-corrected chi connectivity index (χ3v) is 4.90. The zero-order chi connectivity index (χ0) is 19.2. The zero-order valence-corrected chi connectivity index (χ0v) is 16.1. The highest BCUT2D eigenvalue weighted by Gasteiger charge is 2.21. The summed E-state index contributed by atoms with van der Waals surface area (Å²) in [6, 6.07) is 14.8. The molecule has 4 nitrogen and oxygen atoms in total. The molecule has 0 aromatic heterocycles. The maximum atomic E-state index is 13.1. The number of likely N-dealkylation sites (N-methyl/N-ethyl adjacent to an activating group) is 1. The van der Waals surface area contributed by atoms with Crippen LogP contribution in [-0.2, 0) is 13.1 Å². The van der Waals surface area contributed by atoms with Crippen molar-refractivity contribution in [3.8, 4) is 5.75 Å². The van der Waals surface area contributed by atoms with E-state index in [1.165, 1.54) is 17.7 Å². The summed E-state index contributed by atoms with van der Waals surface area (Å²) in [6.07, 6.45) is 0.847. The normalized spacial score (nSPS) is 15.1. The van der Waals surface area contributed by atoms with Gasteiger partial charge in [0, 0.05) is 56.6 Å². The molecule has 3 rings (SSSR count). The Balaban J connectivity index is 1.68. The van der Waals surface area contributed by atoms with Crippen molar-refractivity contribution in [1.82, 2.24) is 9.80 Å². The number of para-hydroxylation sites is 1. The number of rotatable bonds is 7. The lowest BCUT2D eigenvalue weighted by atomic mass is 10.1. The molecule has 0 radical (unpaired) electrons. The van der Waals surface area contributed by atoms with Gasteiger partial charge in [0.25, 0.3) is 0 Å². The van der Waals surface area contributed by atoms with E-state index in [-0.39, 0.29) is 5.82 Å². The summed E-state index contributed by atoms with van der Waals surface area (Å²) in [5.74, 6) is 0.737. The minimum absolute atomic E-state index is 0.211. The molecule has 0 saturated heterocycles. The number of halogens is 1. The molecule has 0 unspecified atom stereocenters. The molecule has 0 aliphatic carbocycles. The highest BCUT2D eigenvalue weighted by atomic mass is 19.1. The third kappa shape index (κ3) is 5.01. The van der Waals surface area contributed by atoms with Gasteiger partial charge in [-0.1, -0.05) is 30.3 Å². The Morgan fingerprint density at radius 3 is 2.63 bits per heavy atom. The van der Waals surface area contributed by atoms with Crippen molar-refractivity contribution >= 4 is 0 Å². The average molecular weight is 369 g/mol. The Hall–Kier alpha value is -2.53. The summed E-state index contributed by atoms with van der Waals surface area (Å²) in [4.78, 5) is 4.56. The molecule has 1 heterocycles. The smallest absolute Gasteiger partial charge is 0.123 e. The summed E-state index contributed by atoms with van der Waals surface area (Å²) in [6.45, 7) is 5.93. The van der Waals surface area contributed by atoms with E-state index in [4.69, 9.17) is 10.5 Å². The number of nitrogens with two attached hydrogens (primary N) is 1. The van der Waals surface area contributed by atoms with Gasteiger partial charge in [0.15, 0.2) is 0 Å². The first-order valence-corrected chi connectivity index (χ1v) is 9.43. The van der Waals surface area contributed by atoms with Gasteiger partial charge in [0.05, 0.1) is 6.61 Å². The van der Waals surface area contributed by atoms with E-state index in [0.29, 0.717) is 13.2 Å². The molecule has 0 spiro atoms. The van der Waals surface area contributed by atoms with E-state index >= 15 is 0 Å². The standard InChI is InChI=1S/C22H28FN3O/c1-3-27-22-7-5-4-6-18(22)15-26-13-12-20(24)21(16-26)25(2)14-17-8-10-19(23)11-9-17/h4-11H,3,12-16,24H2,1-2H3. The van der Waals surface area contributed by atoms with E-state index in [2.05, 4.69) is 15.9 Å². The van der Waals surface area contributed by atoms with Gasteiger partial charge in [-0.05, 0) is 30.7 Å². The first kappa shape index (κ1) is 19.2. The van der Waals surface area contributed by atoms with E-state index in [1.807, 2.05) is 44.3 Å². The summed E-state index contributed by atoms with van der Waals surface area (Å²) in [5, 5.41) is 0. The Morgan fingerprint density at radius 2 is 1.89 bits per heavy atom. The highest BCUT2D eigenvalue weighted by molar-refractivity contribution is 5.33. The second-order valence-corrected chi connectivity index (χ2v) is 6.96. The van der Waals surface area contributed by atoms with Crippen LogP contribution in [0.4, 0.5) is 4.39 Å². The van der Waals surface area contributed by atoms with Crippen LogP contribution in [0, 0.1) is 5.82 Å². The molecule has 1 aliphatic rings. The molecule has 2 aromatic carbocycles. The zero-order valence-electron chi connectivity index (χ0n) is 16.1. The fraction of sp³-hybridized carbons (Fsp3) is 0.364. The Kier molecular flexibility index (Phi) is 6.35. The topological polar surface area (TPSA) is 41.7 Å². The minimum Gasteiger partial charge on any atom is -0.494 e. The number of ether oxygens (including phenoxy) is 1. The van der Waals surface area contributed by atoms with E-state index in [0.717, 1.165) is 48.8 Å². The molecule has 144 valence electrons. The number of benzene rings is 2. The van der Waals surface area contributed by atoms with Crippen molar-refractivity contribution in [2.24, 2.45) is 5.73 Å². The molecule has 0 fully saturated rings. The van der Waals surface area contributed by atoms with Crippen LogP contribution in [0.3, 0.4) is 0 Å². The van der Waals surface area contributed by atoms with Crippen molar-refractivity contribution in [3.05, 3.63) is 76.9 Å². The van der Waals surface area contributed by atoms with Crippen LogP contribution in [0.5, 0.6) is 5.75 Å². The molecule has 2 N–H and O–H groups in total. The van der Waals surface area contributed by atoms with Gasteiger partial charge in [-0.2, -0.15) is 0 Å². The second kappa shape index (κ2) is 8.91. The predicted molar refractivity (Wildman–Crippen MR) is 107 cm³/mol. The van der Waals surface area contributed by atoms with Crippen molar-refractivity contribution in [3.63, 3.8) is 0 Å². The minimum atomic E-state index is -0.211. The van der Waals surface area contributed by atoms with Crippen molar-refractivity contribution in [2.45, 2.75) is 26.4 Å². The van der Waals surface area contributed by atoms with Gasteiger partial charge in [0.2, 0.25) is 0 Å². The van der Waals surface area contributed by atoms with Gasteiger partial charge in [-0.3, -0.25) is 4.90 Å². The van der Waals surface area contributed by atoms with E-state index in [1.54, 1.807) is 0 Å². The highest BCUT2D eigenvalue weighted by Crippen LogP contribution is 2.24. The van der Waals surface area contributed by atoms with Crippen LogP contribution < -0.4 is 10.5 Å². The van der Waals surface area contributed by atoms with Crippen LogP contribution in [0.15, 0.2) is 59.9 Å². The lowest BCUT2D eigenvalue weighted by molar-refractivity contribution is 0.231. The lowest BCUT2D eigenvalue weighted by Gasteiger charge is -2.34. The fourth-order valence-corrected chi connectivity index (χ4v) is 3.45. The average Bonchev–Trinajstić information content (AvgIpc) is 2.67. The molecule has 5 heteroatoms. The maximum absolute atomic E-state index is 13.1. The summed E-state index contributed by atoms with van der Waals surface area (Å²) in [7, 11) is 2.04. The van der Waals surface area contributed by atoms with Gasteiger partial charge in [0.1, 0.15) is 11.6 Å². The molecule has 27 heavy (non-hydrogen) atoms. The van der Waals surface area contributed by atoms with Crippen LogP contribution >= 0.6 is 0 Å². The summed E-state index contributed by atoms with van der Waals surface area (Å²) in [5.41, 5.74) is 10.7. The van der Waals surface area contributed by atoms with Crippen molar-refractivity contribution < 1.29 is 9.13 Å². The SMILES string of the molecule is CCOc1ccccc1CN1CCC(N)=C(N(C)Cc2ccc(F)cc2)C1. The summed E-state index contributed by atoms with van der Waals surface area (Å²) >= 11 is 0. The Labute approximate surface area is 161 Å². The van der Waals surface area contributed by atoms with Crippen LogP contribution in [-0.4, -0.2) is 36.5 Å². The number of hydrogen-bond acceptors (Lipinski definition) is 4. The monoisotopic (exact) mass is 369 g/mol. The Morgan fingerprint density at radius 1 is 1.15 bits per heavy atom. The third-order valence-electron chi connectivity index (χ3n) is 4.90. The quantitative estimate of drug-likeness (QED) is 0.807. The van der Waals surface area contributed by atoms with Crippen LogP contribution in [0.25, 0.3) is 0 Å². The van der Waals surface area contributed by atoms with Crippen molar-refractivity contribution in [2.75, 3.05) is 26.7 Å². The van der Waals surface area contributed by atoms with E-state index < -0.39 is 0 Å². The van der Waals surface area contributed by atoms with Gasteiger partial charge < -0.3 is 15.4 Å². The van der Waals surface area contributed by atoms with Crippen LogP contribution in [0.2, 0.25) is 0 Å². The molecule has 0 amide bonds. The lowest BCUT2D eigenvalue weighted by Crippen LogP contribution is -2.38. The Bertz CT molecular complexity index is 788. The number of nitrogens with zero attached hydrogens (tertiary/aromatic N) is 2. The van der Waals surface area contributed by atoms with Gasteiger partial charge in [-0.25, -0.2) is 4.39 Å². The van der Waals surface area contributed by atoms with Gasteiger partial charge in [-0.15, -0.1) is 0 Å². The molecule has 0 bridgehead atoms. The number of hydrogen-bond donors (Lipinski definition) is 1. The molecular weight excluding hydrogens is 341 g/mol. The van der Waals surface area contributed by atoms with Gasteiger partial charge >= 0.3 is 0 Å². The summed E-state index contributed by atoms with van der Waals surface area (Å²) < 4.78 is 18.9. The van der Waals surface area contributed by atoms with Crippen LogP contribution in [0.1, 0.15) is 24.5 Å². The largest absolute Gasteiger partial charge is 0.494 e. The van der Waals surface area contributed by atoms with E-state index in [9.17, 15) is 4.39 Å².